The Morgan fingerprint density at radius 2 is 2.09 bits per heavy atom. The van der Waals surface area contributed by atoms with Crippen LogP contribution in [-0.2, 0) is 0 Å². The number of unbranched alkanes of at least 4 members (excludes halogenated alkanes) is 1. The van der Waals surface area contributed by atoms with Crippen LogP contribution < -0.4 is 10.1 Å². The van der Waals surface area contributed by atoms with E-state index in [1.807, 2.05) is 18.2 Å². The smallest absolute Gasteiger partial charge is 0.126 e. The van der Waals surface area contributed by atoms with E-state index < -0.39 is 6.10 Å². The first kappa shape index (κ1) is 18.2. The summed E-state index contributed by atoms with van der Waals surface area (Å²) in [5, 5.41) is 14.1. The zero-order valence-corrected chi connectivity index (χ0v) is 14.8. The Morgan fingerprint density at radius 1 is 1.26 bits per heavy atom. The quantitative estimate of drug-likeness (QED) is 0.723. The van der Waals surface area contributed by atoms with Gasteiger partial charge in [0.25, 0.3) is 0 Å². The number of aliphatic hydroxyl groups is 1. The summed E-state index contributed by atoms with van der Waals surface area (Å²) in [6.45, 7) is 4.14. The van der Waals surface area contributed by atoms with Crippen molar-refractivity contribution in [2.75, 3.05) is 27.2 Å². The third kappa shape index (κ3) is 6.13. The Kier molecular flexibility index (Phi) is 7.34. The van der Waals surface area contributed by atoms with Crippen molar-refractivity contribution in [3.63, 3.8) is 0 Å². The minimum Gasteiger partial charge on any atom is -0.488 e. The molecule has 0 aromatic heterocycles. The molecule has 0 amide bonds. The number of hydrogen-bond donors (Lipinski definition) is 2. The average molecular weight is 320 g/mol. The molecule has 2 N–H and O–H groups in total. The molecule has 130 valence electrons. The number of rotatable bonds is 8. The monoisotopic (exact) mass is 320 g/mol. The number of nitrogens with one attached hydrogen (secondary N) is 1. The summed E-state index contributed by atoms with van der Waals surface area (Å²) in [4.78, 5) is 2.21. The highest BCUT2D eigenvalue weighted by atomic mass is 16.5. The summed E-state index contributed by atoms with van der Waals surface area (Å²) in [5.74, 6) is 0.862. The first-order valence-corrected chi connectivity index (χ1v) is 8.86. The molecule has 0 aliphatic heterocycles. The molecule has 0 spiro atoms. The topological polar surface area (TPSA) is 44.7 Å². The van der Waals surface area contributed by atoms with Gasteiger partial charge in [-0.25, -0.2) is 0 Å². The number of aryl methyl sites for hydroxylation is 1. The van der Waals surface area contributed by atoms with Crippen molar-refractivity contribution in [1.82, 2.24) is 10.2 Å². The Labute approximate surface area is 140 Å². The Hall–Kier alpha value is -1.10. The predicted octanol–water partition coefficient (Wildman–Crippen LogP) is 2.59. The zero-order chi connectivity index (χ0) is 16.7. The highest BCUT2D eigenvalue weighted by Gasteiger charge is 2.32. The number of benzene rings is 1. The molecule has 0 saturated heterocycles. The van der Waals surface area contributed by atoms with Crippen molar-refractivity contribution in [2.24, 2.45) is 0 Å². The van der Waals surface area contributed by atoms with Crippen LogP contribution >= 0.6 is 0 Å². The Morgan fingerprint density at radius 3 is 2.83 bits per heavy atom. The van der Waals surface area contributed by atoms with Crippen LogP contribution in [0.15, 0.2) is 24.3 Å². The van der Waals surface area contributed by atoms with Gasteiger partial charge in [-0.3, -0.25) is 0 Å². The van der Waals surface area contributed by atoms with Gasteiger partial charge in [-0.05, 0) is 83.9 Å². The fraction of sp³-hybridized carbons (Fsp3) is 0.684. The molecule has 4 heteroatoms. The summed E-state index contributed by atoms with van der Waals surface area (Å²) in [5.41, 5.74) is 1.18. The van der Waals surface area contributed by atoms with Crippen LogP contribution in [0.25, 0.3) is 0 Å². The second-order valence-corrected chi connectivity index (χ2v) is 6.97. The van der Waals surface area contributed by atoms with Crippen molar-refractivity contribution < 1.29 is 9.84 Å². The van der Waals surface area contributed by atoms with E-state index in [4.69, 9.17) is 4.74 Å². The van der Waals surface area contributed by atoms with Crippen LogP contribution in [0.2, 0.25) is 0 Å². The summed E-state index contributed by atoms with van der Waals surface area (Å²) in [6, 6.07) is 8.21. The maximum atomic E-state index is 10.6. The first-order chi connectivity index (χ1) is 11.1. The van der Waals surface area contributed by atoms with Crippen molar-refractivity contribution in [1.29, 1.82) is 0 Å². The van der Waals surface area contributed by atoms with Crippen molar-refractivity contribution in [3.8, 4) is 5.75 Å². The molecule has 2 rings (SSSR count). The molecule has 23 heavy (non-hydrogen) atoms. The van der Waals surface area contributed by atoms with Gasteiger partial charge in [0, 0.05) is 6.04 Å². The average Bonchev–Trinajstić information content (AvgIpc) is 2.50. The van der Waals surface area contributed by atoms with Gasteiger partial charge in [0.2, 0.25) is 0 Å². The largest absolute Gasteiger partial charge is 0.488 e. The molecule has 1 aliphatic rings. The molecule has 1 fully saturated rings. The summed E-state index contributed by atoms with van der Waals surface area (Å²) in [7, 11) is 4.21. The van der Waals surface area contributed by atoms with Crippen LogP contribution in [0.1, 0.15) is 37.7 Å². The third-order valence-electron chi connectivity index (χ3n) is 4.51. The molecular weight excluding hydrogens is 288 g/mol. The Balaban J connectivity index is 1.77. The standard InChI is InChI=1S/C19H32N2O2/c1-15-8-6-9-16(14-15)23-18-11-7-10-17(19(18)22)20-12-4-5-13-21(2)3/h6,8-9,14,17-20,22H,4-5,7,10-13H2,1-3H3/t17-,18+,19+/m0/s1. The van der Waals surface area contributed by atoms with E-state index in [-0.39, 0.29) is 12.1 Å². The summed E-state index contributed by atoms with van der Waals surface area (Å²) < 4.78 is 6.04. The van der Waals surface area contributed by atoms with Crippen LogP contribution in [-0.4, -0.2) is 55.4 Å². The van der Waals surface area contributed by atoms with Crippen LogP contribution in [0.4, 0.5) is 0 Å². The van der Waals surface area contributed by atoms with Crippen LogP contribution in [0.5, 0.6) is 5.75 Å². The fourth-order valence-electron chi connectivity index (χ4n) is 3.19. The molecule has 1 saturated carbocycles. The Bertz CT molecular complexity index is 464. The lowest BCUT2D eigenvalue weighted by Crippen LogP contribution is -2.51. The van der Waals surface area contributed by atoms with Gasteiger partial charge in [0.1, 0.15) is 18.0 Å². The SMILES string of the molecule is Cc1cccc(O[C@@H]2CCC[C@H](NCCCCN(C)C)[C@H]2O)c1. The minimum atomic E-state index is -0.432. The molecule has 0 unspecified atom stereocenters. The van der Waals surface area contributed by atoms with E-state index in [1.165, 1.54) is 12.0 Å². The van der Waals surface area contributed by atoms with Gasteiger partial charge >= 0.3 is 0 Å². The lowest BCUT2D eigenvalue weighted by Gasteiger charge is -2.35. The third-order valence-corrected chi connectivity index (χ3v) is 4.51. The molecule has 1 aromatic rings. The molecule has 1 aromatic carbocycles. The highest BCUT2D eigenvalue weighted by Crippen LogP contribution is 2.25. The van der Waals surface area contributed by atoms with Gasteiger partial charge in [0.05, 0.1) is 0 Å². The second-order valence-electron chi connectivity index (χ2n) is 6.97. The van der Waals surface area contributed by atoms with Crippen molar-refractivity contribution in [2.45, 2.75) is 57.3 Å². The van der Waals surface area contributed by atoms with Crippen LogP contribution in [0.3, 0.4) is 0 Å². The maximum Gasteiger partial charge on any atom is 0.126 e. The van der Waals surface area contributed by atoms with Crippen molar-refractivity contribution >= 4 is 0 Å². The number of aliphatic hydroxyl groups excluding tert-OH is 1. The number of ether oxygens (including phenoxy) is 1. The van der Waals surface area contributed by atoms with Gasteiger partial charge in [0.15, 0.2) is 0 Å². The van der Waals surface area contributed by atoms with Gasteiger partial charge in [-0.1, -0.05) is 12.1 Å². The lowest BCUT2D eigenvalue weighted by molar-refractivity contribution is -0.0153. The zero-order valence-electron chi connectivity index (χ0n) is 14.8. The first-order valence-electron chi connectivity index (χ1n) is 8.86. The molecule has 0 heterocycles. The summed E-state index contributed by atoms with van der Waals surface area (Å²) in [6.07, 6.45) is 4.85. The minimum absolute atomic E-state index is 0.107. The lowest BCUT2D eigenvalue weighted by atomic mass is 9.89. The number of nitrogens with zero attached hydrogens (tertiary/aromatic N) is 1. The predicted molar refractivity (Wildman–Crippen MR) is 95.0 cm³/mol. The van der Waals surface area contributed by atoms with Gasteiger partial charge in [-0.2, -0.15) is 0 Å². The highest BCUT2D eigenvalue weighted by molar-refractivity contribution is 5.27. The van der Waals surface area contributed by atoms with E-state index in [2.05, 4.69) is 37.3 Å². The molecule has 0 radical (unpaired) electrons. The van der Waals surface area contributed by atoms with Gasteiger partial charge in [-0.15, -0.1) is 0 Å². The summed E-state index contributed by atoms with van der Waals surface area (Å²) >= 11 is 0. The molecule has 4 nitrogen and oxygen atoms in total. The normalized spacial score (nSPS) is 24.8. The van der Waals surface area contributed by atoms with Gasteiger partial charge < -0.3 is 20.1 Å². The maximum absolute atomic E-state index is 10.6. The molecular formula is C19H32N2O2. The van der Waals surface area contributed by atoms with E-state index >= 15 is 0 Å². The van der Waals surface area contributed by atoms with E-state index in [9.17, 15) is 5.11 Å². The van der Waals surface area contributed by atoms with E-state index in [1.54, 1.807) is 0 Å². The van der Waals surface area contributed by atoms with Crippen molar-refractivity contribution in [3.05, 3.63) is 29.8 Å². The number of hydrogen-bond acceptors (Lipinski definition) is 4. The molecule has 1 aliphatic carbocycles. The van der Waals surface area contributed by atoms with E-state index in [0.717, 1.165) is 44.5 Å². The van der Waals surface area contributed by atoms with Crippen LogP contribution in [0, 0.1) is 6.92 Å². The van der Waals surface area contributed by atoms with E-state index in [0.29, 0.717) is 0 Å². The fourth-order valence-corrected chi connectivity index (χ4v) is 3.19. The molecule has 3 atom stereocenters. The second kappa shape index (κ2) is 9.26. The molecule has 0 bridgehead atoms.